The predicted molar refractivity (Wildman–Crippen MR) is 89.0 cm³/mol. The zero-order chi connectivity index (χ0) is 17.3. The second-order valence-electron chi connectivity index (χ2n) is 5.55. The Morgan fingerprint density at radius 2 is 1.83 bits per heavy atom. The summed E-state index contributed by atoms with van der Waals surface area (Å²) < 4.78 is 32.2. The van der Waals surface area contributed by atoms with Crippen LogP contribution in [-0.2, 0) is 21.2 Å². The van der Waals surface area contributed by atoms with Gasteiger partial charge in [0.1, 0.15) is 11.8 Å². The molecule has 0 fully saturated rings. The summed E-state index contributed by atoms with van der Waals surface area (Å²) in [5.74, 6) is -0.122. The maximum absolute atomic E-state index is 13.0. The van der Waals surface area contributed by atoms with Crippen molar-refractivity contribution in [2.45, 2.75) is 17.4 Å². The summed E-state index contributed by atoms with van der Waals surface area (Å²) >= 11 is 0. The summed E-state index contributed by atoms with van der Waals surface area (Å²) in [6.07, 6.45) is 0.537. The lowest BCUT2D eigenvalue weighted by atomic mass is 9.94. The zero-order valence-corrected chi connectivity index (χ0v) is 14.0. The van der Waals surface area contributed by atoms with E-state index in [1.54, 1.807) is 24.3 Å². The van der Waals surface area contributed by atoms with Crippen LogP contribution >= 0.6 is 0 Å². The molecular weight excluding hydrogens is 328 g/mol. The molecule has 0 radical (unpaired) electrons. The molecule has 1 atom stereocenters. The van der Waals surface area contributed by atoms with E-state index >= 15 is 0 Å². The number of rotatable bonds is 4. The molecular formula is C17H18N2O4S. The van der Waals surface area contributed by atoms with Crippen LogP contribution in [0.4, 0.5) is 0 Å². The number of sulfonamides is 1. The minimum atomic E-state index is -3.85. The first-order chi connectivity index (χ1) is 11.4. The summed E-state index contributed by atoms with van der Waals surface area (Å²) in [5, 5.41) is 0. The molecule has 126 valence electrons. The lowest BCUT2D eigenvalue weighted by Gasteiger charge is -2.34. The van der Waals surface area contributed by atoms with Gasteiger partial charge in [-0.05, 0) is 41.8 Å². The highest BCUT2D eigenvalue weighted by Crippen LogP contribution is 2.34. The number of fused-ring (bicyclic) bond motifs is 1. The van der Waals surface area contributed by atoms with Crippen molar-refractivity contribution >= 4 is 15.9 Å². The molecule has 0 spiro atoms. The van der Waals surface area contributed by atoms with Crippen molar-refractivity contribution in [1.82, 2.24) is 4.31 Å². The van der Waals surface area contributed by atoms with Gasteiger partial charge in [0.15, 0.2) is 0 Å². The maximum Gasteiger partial charge on any atom is 0.244 e. The molecule has 0 saturated heterocycles. The van der Waals surface area contributed by atoms with Crippen LogP contribution in [0.5, 0.6) is 5.75 Å². The standard InChI is InChI=1S/C17H18N2O4S/c1-23-13-6-8-14(9-7-13)24(21,22)19-11-10-12-4-2-3-5-15(12)16(19)17(18)20/h2-9,16H,10-11H2,1H3,(H2,18,20). The number of methoxy groups -OCH3 is 1. The van der Waals surface area contributed by atoms with Crippen molar-refractivity contribution in [3.8, 4) is 5.75 Å². The average molecular weight is 346 g/mol. The van der Waals surface area contributed by atoms with E-state index in [1.165, 1.54) is 23.5 Å². The Bertz CT molecular complexity index is 862. The maximum atomic E-state index is 13.0. The molecule has 2 N–H and O–H groups in total. The van der Waals surface area contributed by atoms with Gasteiger partial charge in [-0.2, -0.15) is 4.31 Å². The second-order valence-corrected chi connectivity index (χ2v) is 7.44. The molecule has 1 unspecified atom stereocenters. The third kappa shape index (κ3) is 2.76. The van der Waals surface area contributed by atoms with E-state index in [4.69, 9.17) is 10.5 Å². The molecule has 2 aromatic rings. The molecule has 1 amide bonds. The summed E-state index contributed by atoms with van der Waals surface area (Å²) in [4.78, 5) is 12.1. The van der Waals surface area contributed by atoms with Crippen LogP contribution in [0.25, 0.3) is 0 Å². The zero-order valence-electron chi connectivity index (χ0n) is 13.2. The Balaban J connectivity index is 2.05. The molecule has 3 rings (SSSR count). The van der Waals surface area contributed by atoms with Gasteiger partial charge in [-0.15, -0.1) is 0 Å². The number of hydrogen-bond acceptors (Lipinski definition) is 4. The summed E-state index contributed by atoms with van der Waals surface area (Å²) in [5.41, 5.74) is 7.12. The van der Waals surface area contributed by atoms with Crippen molar-refractivity contribution in [2.24, 2.45) is 5.73 Å². The molecule has 1 heterocycles. The van der Waals surface area contributed by atoms with E-state index in [0.29, 0.717) is 17.7 Å². The van der Waals surface area contributed by atoms with E-state index in [2.05, 4.69) is 0 Å². The lowest BCUT2D eigenvalue weighted by Crippen LogP contribution is -2.45. The number of nitrogens with zero attached hydrogens (tertiary/aromatic N) is 1. The Labute approximate surface area is 140 Å². The molecule has 7 heteroatoms. The number of primary amides is 1. The molecule has 0 bridgehead atoms. The quantitative estimate of drug-likeness (QED) is 0.908. The Kier molecular flexibility index (Phi) is 4.29. The summed E-state index contributed by atoms with van der Waals surface area (Å²) in [6, 6.07) is 12.4. The first-order valence-corrected chi connectivity index (χ1v) is 8.92. The van der Waals surface area contributed by atoms with Gasteiger partial charge in [0, 0.05) is 6.54 Å². The normalized spacial score (nSPS) is 18.0. The molecule has 0 aromatic heterocycles. The number of carbonyl (C=O) groups excluding carboxylic acids is 1. The van der Waals surface area contributed by atoms with Gasteiger partial charge in [0.25, 0.3) is 0 Å². The third-order valence-electron chi connectivity index (χ3n) is 4.17. The van der Waals surface area contributed by atoms with Crippen LogP contribution in [0.2, 0.25) is 0 Å². The number of amides is 1. The highest BCUT2D eigenvalue weighted by molar-refractivity contribution is 7.89. The molecule has 24 heavy (non-hydrogen) atoms. The van der Waals surface area contributed by atoms with Crippen molar-refractivity contribution in [3.05, 3.63) is 59.7 Å². The molecule has 1 aliphatic heterocycles. The number of hydrogen-bond donors (Lipinski definition) is 1. The van der Waals surface area contributed by atoms with E-state index in [0.717, 1.165) is 5.56 Å². The van der Waals surface area contributed by atoms with Crippen LogP contribution in [0.3, 0.4) is 0 Å². The molecule has 2 aromatic carbocycles. The van der Waals surface area contributed by atoms with Gasteiger partial charge >= 0.3 is 0 Å². The first-order valence-electron chi connectivity index (χ1n) is 7.48. The number of carbonyl (C=O) groups is 1. The number of ether oxygens (including phenoxy) is 1. The Morgan fingerprint density at radius 1 is 1.17 bits per heavy atom. The van der Waals surface area contributed by atoms with Crippen molar-refractivity contribution < 1.29 is 17.9 Å². The highest BCUT2D eigenvalue weighted by Gasteiger charge is 2.39. The smallest absolute Gasteiger partial charge is 0.244 e. The minimum Gasteiger partial charge on any atom is -0.497 e. The number of nitrogens with two attached hydrogens (primary N) is 1. The first kappa shape index (κ1) is 16.5. The second kappa shape index (κ2) is 6.26. The molecule has 0 aliphatic carbocycles. The van der Waals surface area contributed by atoms with Crippen LogP contribution in [-0.4, -0.2) is 32.3 Å². The fourth-order valence-corrected chi connectivity index (χ4v) is 4.56. The van der Waals surface area contributed by atoms with E-state index < -0.39 is 22.0 Å². The fraction of sp³-hybridized carbons (Fsp3) is 0.235. The van der Waals surface area contributed by atoms with Crippen molar-refractivity contribution in [1.29, 1.82) is 0 Å². The van der Waals surface area contributed by atoms with Gasteiger partial charge in [-0.25, -0.2) is 8.42 Å². The van der Waals surface area contributed by atoms with Crippen LogP contribution < -0.4 is 10.5 Å². The molecule has 1 aliphatic rings. The Morgan fingerprint density at radius 3 is 2.46 bits per heavy atom. The monoisotopic (exact) mass is 346 g/mol. The van der Waals surface area contributed by atoms with Gasteiger partial charge in [-0.1, -0.05) is 24.3 Å². The van der Waals surface area contributed by atoms with Gasteiger partial charge in [0.2, 0.25) is 15.9 Å². The fourth-order valence-electron chi connectivity index (χ4n) is 2.98. The third-order valence-corrected chi connectivity index (χ3v) is 6.05. The predicted octanol–water partition coefficient (Wildman–Crippen LogP) is 1.47. The summed E-state index contributed by atoms with van der Waals surface area (Å²) in [7, 11) is -2.34. The molecule has 0 saturated carbocycles. The van der Waals surface area contributed by atoms with Crippen molar-refractivity contribution in [2.75, 3.05) is 13.7 Å². The van der Waals surface area contributed by atoms with Crippen molar-refractivity contribution in [3.63, 3.8) is 0 Å². The van der Waals surface area contributed by atoms with Gasteiger partial charge in [-0.3, -0.25) is 4.79 Å². The van der Waals surface area contributed by atoms with E-state index in [-0.39, 0.29) is 11.4 Å². The topological polar surface area (TPSA) is 89.7 Å². The SMILES string of the molecule is COc1ccc(S(=O)(=O)N2CCc3ccccc3C2C(N)=O)cc1. The lowest BCUT2D eigenvalue weighted by molar-refractivity contribution is -0.122. The van der Waals surface area contributed by atoms with E-state index in [1.807, 2.05) is 12.1 Å². The van der Waals surface area contributed by atoms with E-state index in [9.17, 15) is 13.2 Å². The largest absolute Gasteiger partial charge is 0.497 e. The summed E-state index contributed by atoms with van der Waals surface area (Å²) in [6.45, 7) is 0.207. The molecule has 6 nitrogen and oxygen atoms in total. The van der Waals surface area contributed by atoms with Crippen LogP contribution in [0.1, 0.15) is 17.2 Å². The van der Waals surface area contributed by atoms with Gasteiger partial charge < -0.3 is 10.5 Å². The highest BCUT2D eigenvalue weighted by atomic mass is 32.2. The van der Waals surface area contributed by atoms with Crippen LogP contribution in [0, 0.1) is 0 Å². The Hall–Kier alpha value is -2.38. The van der Waals surface area contributed by atoms with Crippen LogP contribution in [0.15, 0.2) is 53.4 Å². The minimum absolute atomic E-state index is 0.105. The van der Waals surface area contributed by atoms with Gasteiger partial charge in [0.05, 0.1) is 12.0 Å². The average Bonchev–Trinajstić information content (AvgIpc) is 2.60. The number of benzene rings is 2.